The van der Waals surface area contributed by atoms with Crippen LogP contribution in [-0.4, -0.2) is 47.4 Å². The van der Waals surface area contributed by atoms with Gasteiger partial charge in [0.25, 0.3) is 0 Å². The minimum atomic E-state index is -3.53. The Balaban J connectivity index is 1.58. The summed E-state index contributed by atoms with van der Waals surface area (Å²) >= 11 is 1.24. The number of nitrogens with zero attached hydrogens (tertiary/aromatic N) is 3. The first-order valence-corrected chi connectivity index (χ1v) is 11.7. The second-order valence-electron chi connectivity index (χ2n) is 6.71. The Hall–Kier alpha value is -1.97. The molecule has 1 fully saturated rings. The lowest BCUT2D eigenvalue weighted by atomic mass is 9.96. The maximum absolute atomic E-state index is 12.8. The largest absolute Gasteiger partial charge is 0.325 e. The Labute approximate surface area is 170 Å². The van der Waals surface area contributed by atoms with Crippen molar-refractivity contribution >= 4 is 33.4 Å². The van der Waals surface area contributed by atoms with E-state index in [0.717, 1.165) is 25.7 Å². The van der Waals surface area contributed by atoms with Crippen LogP contribution in [0.25, 0.3) is 0 Å². The number of rotatable bonds is 7. The van der Waals surface area contributed by atoms with Crippen LogP contribution in [0.15, 0.2) is 52.8 Å². The first-order valence-electron chi connectivity index (χ1n) is 9.24. The molecule has 7 nitrogen and oxygen atoms in total. The summed E-state index contributed by atoms with van der Waals surface area (Å²) in [5.74, 6) is -0.0264. The molecular weight excluding hydrogens is 396 g/mol. The van der Waals surface area contributed by atoms with E-state index in [1.807, 2.05) is 0 Å². The molecule has 28 heavy (non-hydrogen) atoms. The highest BCUT2D eigenvalue weighted by Crippen LogP contribution is 2.27. The second-order valence-corrected chi connectivity index (χ2v) is 9.65. The number of hydrogen-bond donors (Lipinski definition) is 1. The standard InChI is InChI=1S/C19H24N4O3S2/c1-23(16-6-3-2-4-7-16)28(25,26)17-10-8-15(9-11-17)22-18(24)14-27-19-20-12-5-13-21-19/h5,8-13,16H,2-4,6-7,14H2,1H3,(H,22,24). The summed E-state index contributed by atoms with van der Waals surface area (Å²) in [6.45, 7) is 0. The lowest BCUT2D eigenvalue weighted by molar-refractivity contribution is -0.113. The maximum Gasteiger partial charge on any atom is 0.243 e. The monoisotopic (exact) mass is 420 g/mol. The Morgan fingerprint density at radius 1 is 1.14 bits per heavy atom. The molecule has 9 heteroatoms. The fraction of sp³-hybridized carbons (Fsp3) is 0.421. The zero-order valence-electron chi connectivity index (χ0n) is 15.7. The summed E-state index contributed by atoms with van der Waals surface area (Å²) in [7, 11) is -1.87. The maximum atomic E-state index is 12.8. The van der Waals surface area contributed by atoms with Crippen LogP contribution < -0.4 is 5.32 Å². The number of nitrogens with one attached hydrogen (secondary N) is 1. The number of hydrogen-bond acceptors (Lipinski definition) is 6. The summed E-state index contributed by atoms with van der Waals surface area (Å²) in [6, 6.07) is 8.09. The molecule has 0 atom stereocenters. The van der Waals surface area contributed by atoms with Crippen LogP contribution in [-0.2, 0) is 14.8 Å². The van der Waals surface area contributed by atoms with Gasteiger partial charge in [0, 0.05) is 31.2 Å². The van der Waals surface area contributed by atoms with E-state index in [9.17, 15) is 13.2 Å². The van der Waals surface area contributed by atoms with E-state index in [4.69, 9.17) is 0 Å². The number of anilines is 1. The molecule has 1 aliphatic carbocycles. The van der Waals surface area contributed by atoms with Crippen LogP contribution >= 0.6 is 11.8 Å². The molecule has 1 heterocycles. The molecule has 0 spiro atoms. The highest BCUT2D eigenvalue weighted by Gasteiger charge is 2.28. The third kappa shape index (κ3) is 5.30. The van der Waals surface area contributed by atoms with Gasteiger partial charge in [0.05, 0.1) is 10.6 Å². The van der Waals surface area contributed by atoms with Crippen molar-refractivity contribution in [3.63, 3.8) is 0 Å². The second kappa shape index (κ2) is 9.49. The van der Waals surface area contributed by atoms with Gasteiger partial charge in [-0.25, -0.2) is 18.4 Å². The van der Waals surface area contributed by atoms with E-state index in [-0.39, 0.29) is 22.6 Å². The van der Waals surface area contributed by atoms with E-state index in [1.165, 1.54) is 34.6 Å². The highest BCUT2D eigenvalue weighted by molar-refractivity contribution is 7.99. The predicted molar refractivity (Wildman–Crippen MR) is 110 cm³/mol. The molecule has 3 rings (SSSR count). The minimum Gasteiger partial charge on any atom is -0.325 e. The van der Waals surface area contributed by atoms with Gasteiger partial charge in [-0.3, -0.25) is 4.79 Å². The molecule has 0 aliphatic heterocycles. The summed E-state index contributed by atoms with van der Waals surface area (Å²) in [5.41, 5.74) is 0.554. The van der Waals surface area contributed by atoms with Crippen molar-refractivity contribution in [3.05, 3.63) is 42.7 Å². The zero-order chi connectivity index (χ0) is 20.0. The van der Waals surface area contributed by atoms with E-state index >= 15 is 0 Å². The first kappa shape index (κ1) is 20.8. The average molecular weight is 421 g/mol. The minimum absolute atomic E-state index is 0.0651. The fourth-order valence-corrected chi connectivity index (χ4v) is 5.22. The normalized spacial score (nSPS) is 15.5. The lowest BCUT2D eigenvalue weighted by Crippen LogP contribution is -2.38. The number of amides is 1. The van der Waals surface area contributed by atoms with Gasteiger partial charge in [-0.1, -0.05) is 31.0 Å². The van der Waals surface area contributed by atoms with Crippen LogP contribution in [0.4, 0.5) is 5.69 Å². The third-order valence-electron chi connectivity index (χ3n) is 4.78. The van der Waals surface area contributed by atoms with Crippen molar-refractivity contribution in [2.24, 2.45) is 0 Å². The van der Waals surface area contributed by atoms with Gasteiger partial charge in [-0.2, -0.15) is 4.31 Å². The number of benzene rings is 1. The Morgan fingerprint density at radius 2 is 1.79 bits per heavy atom. The topological polar surface area (TPSA) is 92.3 Å². The summed E-state index contributed by atoms with van der Waals surface area (Å²) in [6.07, 6.45) is 8.38. The quantitative estimate of drug-likeness (QED) is 0.546. The molecular formula is C19H24N4O3S2. The Kier molecular flexibility index (Phi) is 7.03. The van der Waals surface area contributed by atoms with E-state index in [0.29, 0.717) is 10.8 Å². The van der Waals surface area contributed by atoms with Crippen molar-refractivity contribution in [2.75, 3.05) is 18.1 Å². The van der Waals surface area contributed by atoms with Gasteiger partial charge in [0.1, 0.15) is 0 Å². The van der Waals surface area contributed by atoms with Crippen LogP contribution in [0.5, 0.6) is 0 Å². The van der Waals surface area contributed by atoms with Crippen molar-refractivity contribution in [2.45, 2.75) is 48.2 Å². The van der Waals surface area contributed by atoms with Gasteiger partial charge in [-0.15, -0.1) is 0 Å². The van der Waals surface area contributed by atoms with Crippen molar-refractivity contribution in [1.29, 1.82) is 0 Å². The number of carbonyl (C=O) groups excluding carboxylic acids is 1. The SMILES string of the molecule is CN(C1CCCCC1)S(=O)(=O)c1ccc(NC(=O)CSc2ncccn2)cc1. The molecule has 1 aromatic carbocycles. The Morgan fingerprint density at radius 3 is 2.43 bits per heavy atom. The molecule has 1 amide bonds. The molecule has 1 aliphatic rings. The molecule has 0 saturated heterocycles. The van der Waals surface area contributed by atoms with Crippen molar-refractivity contribution in [3.8, 4) is 0 Å². The molecule has 1 saturated carbocycles. The van der Waals surface area contributed by atoms with Crippen molar-refractivity contribution < 1.29 is 13.2 Å². The molecule has 0 radical (unpaired) electrons. The number of thioether (sulfide) groups is 1. The van der Waals surface area contributed by atoms with Gasteiger partial charge in [0.2, 0.25) is 15.9 Å². The van der Waals surface area contributed by atoms with Gasteiger partial charge in [0.15, 0.2) is 5.16 Å². The Bertz CT molecular complexity index is 883. The zero-order valence-corrected chi connectivity index (χ0v) is 17.4. The smallest absolute Gasteiger partial charge is 0.243 e. The summed E-state index contributed by atoms with van der Waals surface area (Å²) in [4.78, 5) is 20.4. The first-order chi connectivity index (χ1) is 13.5. The van der Waals surface area contributed by atoms with Crippen LogP contribution in [0, 0.1) is 0 Å². The third-order valence-corrected chi connectivity index (χ3v) is 7.58. The molecule has 0 unspecified atom stereocenters. The summed E-state index contributed by atoms with van der Waals surface area (Å²) < 4.78 is 27.2. The molecule has 1 N–H and O–H groups in total. The van der Waals surface area contributed by atoms with Crippen LogP contribution in [0.1, 0.15) is 32.1 Å². The van der Waals surface area contributed by atoms with Crippen LogP contribution in [0.3, 0.4) is 0 Å². The number of sulfonamides is 1. The van der Waals surface area contributed by atoms with E-state index in [2.05, 4.69) is 15.3 Å². The number of aromatic nitrogens is 2. The predicted octanol–water partition coefficient (Wildman–Crippen LogP) is 3.16. The van der Waals surface area contributed by atoms with Crippen LogP contribution in [0.2, 0.25) is 0 Å². The highest BCUT2D eigenvalue weighted by atomic mass is 32.2. The molecule has 1 aromatic heterocycles. The summed E-state index contributed by atoms with van der Waals surface area (Å²) in [5, 5.41) is 3.29. The van der Waals surface area contributed by atoms with E-state index in [1.54, 1.807) is 37.6 Å². The average Bonchev–Trinajstić information content (AvgIpc) is 2.73. The molecule has 2 aromatic rings. The van der Waals surface area contributed by atoms with Crippen molar-refractivity contribution in [1.82, 2.24) is 14.3 Å². The van der Waals surface area contributed by atoms with Gasteiger partial charge >= 0.3 is 0 Å². The van der Waals surface area contributed by atoms with Gasteiger partial charge < -0.3 is 5.32 Å². The lowest BCUT2D eigenvalue weighted by Gasteiger charge is -2.30. The van der Waals surface area contributed by atoms with Gasteiger partial charge in [-0.05, 0) is 43.2 Å². The van der Waals surface area contributed by atoms with E-state index < -0.39 is 10.0 Å². The fourth-order valence-electron chi connectivity index (χ4n) is 3.20. The molecule has 150 valence electrons. The number of carbonyl (C=O) groups is 1. The molecule has 0 bridgehead atoms.